The minimum atomic E-state index is 0.176. The Morgan fingerprint density at radius 2 is 1.18 bits per heavy atom. The van der Waals surface area contributed by atoms with E-state index in [0.29, 0.717) is 34.5 Å². The fourth-order valence-electron chi connectivity index (χ4n) is 4.36. The van der Waals surface area contributed by atoms with Gasteiger partial charge in [0.1, 0.15) is 11.5 Å². The summed E-state index contributed by atoms with van der Waals surface area (Å²) in [5.41, 5.74) is 8.96. The maximum absolute atomic E-state index is 5.51. The van der Waals surface area contributed by atoms with E-state index in [4.69, 9.17) is 28.9 Å². The van der Waals surface area contributed by atoms with E-state index in [-0.39, 0.29) is 11.9 Å². The lowest BCUT2D eigenvalue weighted by Gasteiger charge is -2.23. The third-order valence-corrected chi connectivity index (χ3v) is 6.46. The molecule has 0 amide bonds. The molecule has 0 bridgehead atoms. The predicted molar refractivity (Wildman–Crippen MR) is 176 cm³/mol. The summed E-state index contributed by atoms with van der Waals surface area (Å²) in [6.07, 6.45) is 3.20. The van der Waals surface area contributed by atoms with Crippen LogP contribution in [0, 0.1) is 0 Å². The molecule has 0 radical (unpaired) electrons. The first kappa shape index (κ1) is 30.3. The van der Waals surface area contributed by atoms with Gasteiger partial charge in [0.2, 0.25) is 17.8 Å². The van der Waals surface area contributed by atoms with Crippen LogP contribution in [-0.4, -0.2) is 55.8 Å². The average Bonchev–Trinajstić information content (AvgIpc) is 3.09. The van der Waals surface area contributed by atoms with Gasteiger partial charge < -0.3 is 18.9 Å². The molecule has 0 aliphatic rings. The van der Waals surface area contributed by atoms with Gasteiger partial charge in [0, 0.05) is 28.6 Å². The van der Waals surface area contributed by atoms with Crippen molar-refractivity contribution in [2.75, 3.05) is 44.2 Å². The minimum absolute atomic E-state index is 0.176. The van der Waals surface area contributed by atoms with Gasteiger partial charge in [0.15, 0.2) is 11.5 Å². The summed E-state index contributed by atoms with van der Waals surface area (Å²) in [6.45, 7) is 0. The van der Waals surface area contributed by atoms with E-state index in [0.717, 1.165) is 16.9 Å². The molecule has 0 unspecified atom stereocenters. The van der Waals surface area contributed by atoms with Crippen molar-refractivity contribution in [2.24, 2.45) is 10.2 Å². The normalized spacial score (nSPS) is 10.9. The number of benzene rings is 4. The lowest BCUT2D eigenvalue weighted by atomic mass is 10.2. The molecule has 228 valence electrons. The molecule has 0 atom stereocenters. The fourth-order valence-corrected chi connectivity index (χ4v) is 4.36. The van der Waals surface area contributed by atoms with E-state index in [2.05, 4.69) is 26.0 Å². The van der Waals surface area contributed by atoms with Crippen molar-refractivity contribution in [3.8, 4) is 23.0 Å². The Balaban J connectivity index is 1.51. The fraction of sp³-hybridized carbons (Fsp3) is 0.121. The Morgan fingerprint density at radius 3 is 1.73 bits per heavy atom. The van der Waals surface area contributed by atoms with Crippen LogP contribution >= 0.6 is 0 Å². The largest absolute Gasteiger partial charge is 0.497 e. The third kappa shape index (κ3) is 7.43. The molecule has 0 saturated carbocycles. The minimum Gasteiger partial charge on any atom is -0.497 e. The van der Waals surface area contributed by atoms with Crippen LogP contribution in [0.3, 0.4) is 0 Å². The molecular weight excluding hydrogens is 572 g/mol. The van der Waals surface area contributed by atoms with Gasteiger partial charge in [-0.3, -0.25) is 4.90 Å². The molecule has 5 rings (SSSR count). The predicted octanol–water partition coefficient (Wildman–Crippen LogP) is 6.27. The zero-order valence-electron chi connectivity index (χ0n) is 25.2. The van der Waals surface area contributed by atoms with Gasteiger partial charge in [-0.15, -0.1) is 0 Å². The highest BCUT2D eigenvalue weighted by Gasteiger charge is 2.18. The van der Waals surface area contributed by atoms with E-state index in [1.807, 2.05) is 95.9 Å². The maximum atomic E-state index is 5.51. The van der Waals surface area contributed by atoms with Gasteiger partial charge in [-0.1, -0.05) is 42.5 Å². The molecule has 0 saturated heterocycles. The summed E-state index contributed by atoms with van der Waals surface area (Å²) in [5.74, 6) is 3.09. The van der Waals surface area contributed by atoms with Crippen molar-refractivity contribution in [1.82, 2.24) is 15.0 Å². The number of nitrogens with one attached hydrogen (secondary N) is 2. The summed E-state index contributed by atoms with van der Waals surface area (Å²) < 4.78 is 21.7. The molecule has 0 fully saturated rings. The number of para-hydroxylation sites is 3. The molecule has 12 heteroatoms. The first-order valence-electron chi connectivity index (χ1n) is 13.8. The van der Waals surface area contributed by atoms with Crippen LogP contribution in [0.4, 0.5) is 29.2 Å². The Labute approximate surface area is 261 Å². The van der Waals surface area contributed by atoms with Crippen LogP contribution in [0.25, 0.3) is 0 Å². The summed E-state index contributed by atoms with van der Waals surface area (Å²) in [5, 5.41) is 8.74. The molecule has 12 nitrogen and oxygen atoms in total. The van der Waals surface area contributed by atoms with E-state index < -0.39 is 0 Å². The second kappa shape index (κ2) is 14.8. The van der Waals surface area contributed by atoms with Crippen LogP contribution < -0.4 is 34.7 Å². The van der Waals surface area contributed by atoms with Crippen LogP contribution in [0.15, 0.2) is 107 Å². The van der Waals surface area contributed by atoms with Crippen molar-refractivity contribution in [2.45, 2.75) is 0 Å². The van der Waals surface area contributed by atoms with E-state index in [1.165, 1.54) is 0 Å². The molecule has 45 heavy (non-hydrogen) atoms. The molecule has 1 aromatic heterocycles. The number of rotatable bonds is 13. The number of anilines is 5. The zero-order chi connectivity index (χ0) is 31.4. The Bertz CT molecular complexity index is 1730. The van der Waals surface area contributed by atoms with Gasteiger partial charge in [0.05, 0.1) is 40.9 Å². The molecule has 0 spiro atoms. The van der Waals surface area contributed by atoms with Gasteiger partial charge in [-0.2, -0.15) is 25.2 Å². The second-order valence-corrected chi connectivity index (χ2v) is 9.22. The van der Waals surface area contributed by atoms with E-state index >= 15 is 0 Å². The van der Waals surface area contributed by atoms with Crippen LogP contribution in [0.1, 0.15) is 11.1 Å². The van der Waals surface area contributed by atoms with Crippen molar-refractivity contribution in [3.63, 3.8) is 0 Å². The van der Waals surface area contributed by atoms with Crippen molar-refractivity contribution in [1.29, 1.82) is 0 Å². The second-order valence-electron chi connectivity index (χ2n) is 9.22. The molecule has 4 aromatic carbocycles. The van der Waals surface area contributed by atoms with Gasteiger partial charge in [-0.25, -0.2) is 10.9 Å². The highest BCUT2D eigenvalue weighted by molar-refractivity contribution is 5.86. The van der Waals surface area contributed by atoms with Crippen molar-refractivity contribution >= 4 is 41.6 Å². The number of hydrazone groups is 2. The van der Waals surface area contributed by atoms with E-state index in [1.54, 1.807) is 46.9 Å². The quantitative estimate of drug-likeness (QED) is 0.117. The zero-order valence-corrected chi connectivity index (χ0v) is 25.2. The molecule has 2 N–H and O–H groups in total. The lowest BCUT2D eigenvalue weighted by molar-refractivity contribution is 0.354. The monoisotopic (exact) mass is 604 g/mol. The number of ether oxygens (including phenoxy) is 4. The summed E-state index contributed by atoms with van der Waals surface area (Å²) >= 11 is 0. The molecule has 5 aromatic rings. The molecule has 0 aliphatic carbocycles. The van der Waals surface area contributed by atoms with Crippen LogP contribution in [0.2, 0.25) is 0 Å². The summed E-state index contributed by atoms with van der Waals surface area (Å²) in [4.78, 5) is 15.8. The Kier molecular flexibility index (Phi) is 9.98. The summed E-state index contributed by atoms with van der Waals surface area (Å²) in [6, 6.07) is 30.5. The van der Waals surface area contributed by atoms with Crippen molar-refractivity contribution < 1.29 is 18.9 Å². The Morgan fingerprint density at radius 1 is 0.578 bits per heavy atom. The van der Waals surface area contributed by atoms with Crippen molar-refractivity contribution in [3.05, 3.63) is 108 Å². The summed E-state index contributed by atoms with van der Waals surface area (Å²) in [7, 11) is 6.33. The smallest absolute Gasteiger partial charge is 0.250 e. The topological polar surface area (TPSA) is 128 Å². The van der Waals surface area contributed by atoms with Crippen LogP contribution in [-0.2, 0) is 0 Å². The SMILES string of the molecule is COc1ccc(/C=N/Nc2nc(N/N=C/c3cccc(OC)c3OC)nc(N(c3ccccc3)c3ccccc3)n2)c(OC)c1. The first-order valence-corrected chi connectivity index (χ1v) is 13.8. The number of hydrogen-bond donors (Lipinski definition) is 2. The third-order valence-electron chi connectivity index (χ3n) is 6.46. The molecule has 0 aliphatic heterocycles. The highest BCUT2D eigenvalue weighted by atomic mass is 16.5. The molecular formula is C33H32N8O4. The Hall–Kier alpha value is -6.17. The van der Waals surface area contributed by atoms with Gasteiger partial charge in [-0.05, 0) is 48.5 Å². The van der Waals surface area contributed by atoms with Gasteiger partial charge in [0.25, 0.3) is 0 Å². The number of nitrogens with zero attached hydrogens (tertiary/aromatic N) is 6. The number of methoxy groups -OCH3 is 4. The standard InChI is InChI=1S/C33H32N8O4/c1-42-27-19-18-23(29(20-27)44-3)21-34-39-31-36-32(40-35-22-24-12-11-17-28(43-2)30(24)45-4)38-33(37-31)41(25-13-7-5-8-14-25)26-15-9-6-10-16-26/h5-22H,1-4H3,(H2,36,37,38,39,40)/b34-21+,35-22+. The lowest BCUT2D eigenvalue weighted by Crippen LogP contribution is -2.16. The number of hydrogen-bond acceptors (Lipinski definition) is 12. The first-order chi connectivity index (χ1) is 22.1. The maximum Gasteiger partial charge on any atom is 0.250 e. The highest BCUT2D eigenvalue weighted by Crippen LogP contribution is 2.33. The molecule has 1 heterocycles. The van der Waals surface area contributed by atoms with Gasteiger partial charge >= 0.3 is 0 Å². The average molecular weight is 605 g/mol. The van der Waals surface area contributed by atoms with Crippen LogP contribution in [0.5, 0.6) is 23.0 Å². The van der Waals surface area contributed by atoms with E-state index in [9.17, 15) is 0 Å². The number of aromatic nitrogens is 3.